The van der Waals surface area contributed by atoms with Crippen LogP contribution in [0.15, 0.2) is 40.2 Å². The first kappa shape index (κ1) is 17.4. The van der Waals surface area contributed by atoms with Crippen molar-refractivity contribution in [1.82, 2.24) is 14.5 Å². The molecule has 130 valence electrons. The first-order valence-corrected chi connectivity index (χ1v) is 9.24. The van der Waals surface area contributed by atoms with Crippen molar-refractivity contribution in [3.63, 3.8) is 0 Å². The maximum atomic E-state index is 12.7. The van der Waals surface area contributed by atoms with Gasteiger partial charge in [0.15, 0.2) is 0 Å². The summed E-state index contributed by atoms with van der Waals surface area (Å²) in [6.07, 6.45) is 1.45. The van der Waals surface area contributed by atoms with Gasteiger partial charge in [-0.1, -0.05) is 11.6 Å². The zero-order valence-electron chi connectivity index (χ0n) is 13.0. The predicted molar refractivity (Wildman–Crippen MR) is 92.0 cm³/mol. The van der Waals surface area contributed by atoms with Crippen LogP contribution in [0.25, 0.3) is 0 Å². The van der Waals surface area contributed by atoms with E-state index in [2.05, 4.69) is 10.2 Å². The second-order valence-corrected chi connectivity index (χ2v) is 7.74. The number of nitrogens with zero attached hydrogens (tertiary/aromatic N) is 4. The maximum absolute atomic E-state index is 12.7. The van der Waals surface area contributed by atoms with Crippen molar-refractivity contribution in [2.45, 2.75) is 4.90 Å². The number of hydrogen-bond donors (Lipinski definition) is 1. The molecule has 2 aromatic rings. The summed E-state index contributed by atoms with van der Waals surface area (Å²) in [6, 6.07) is 7.77. The zero-order valence-corrected chi connectivity index (χ0v) is 14.6. The van der Waals surface area contributed by atoms with Gasteiger partial charge in [-0.15, -0.1) is 0 Å². The zero-order chi connectivity index (χ0) is 18.0. The van der Waals surface area contributed by atoms with E-state index < -0.39 is 15.6 Å². The van der Waals surface area contributed by atoms with E-state index in [1.807, 2.05) is 11.0 Å². The molecular formula is C15H14ClN5O3S. The molecular weight excluding hydrogens is 366 g/mol. The highest BCUT2D eigenvalue weighted by Gasteiger charge is 2.29. The summed E-state index contributed by atoms with van der Waals surface area (Å²) in [4.78, 5) is 13.5. The number of halogens is 1. The topological polar surface area (TPSA) is 110 Å². The Morgan fingerprint density at radius 1 is 1.16 bits per heavy atom. The van der Waals surface area contributed by atoms with E-state index in [0.717, 1.165) is 0 Å². The Bertz CT molecular complexity index is 973. The second-order valence-electron chi connectivity index (χ2n) is 5.43. The standard InChI is InChI=1S/C15H14ClN5O3S/c16-14-13(10-18-19-15(14)22)20-5-7-21(8-6-20)25(23,24)12-3-1-11(9-17)2-4-12/h1-4,10H,5-8H2,(H,19,22). The monoisotopic (exact) mass is 379 g/mol. The van der Waals surface area contributed by atoms with Crippen molar-refractivity contribution in [3.8, 4) is 6.07 Å². The fourth-order valence-electron chi connectivity index (χ4n) is 2.61. The van der Waals surface area contributed by atoms with Crippen LogP contribution >= 0.6 is 11.6 Å². The average molecular weight is 380 g/mol. The van der Waals surface area contributed by atoms with Crippen LogP contribution in [0.2, 0.25) is 5.02 Å². The number of aromatic nitrogens is 2. The maximum Gasteiger partial charge on any atom is 0.285 e. The second kappa shape index (κ2) is 6.84. The van der Waals surface area contributed by atoms with Crippen LogP contribution in [0.5, 0.6) is 0 Å². The van der Waals surface area contributed by atoms with Crippen LogP contribution < -0.4 is 10.5 Å². The normalized spacial score (nSPS) is 15.8. The Labute approximate surface area is 149 Å². The molecule has 2 heterocycles. The molecule has 25 heavy (non-hydrogen) atoms. The van der Waals surface area contributed by atoms with Crippen LogP contribution in [0.3, 0.4) is 0 Å². The van der Waals surface area contributed by atoms with Gasteiger partial charge in [-0.3, -0.25) is 4.79 Å². The van der Waals surface area contributed by atoms with Gasteiger partial charge >= 0.3 is 0 Å². The van der Waals surface area contributed by atoms with Gasteiger partial charge in [-0.05, 0) is 24.3 Å². The summed E-state index contributed by atoms with van der Waals surface area (Å²) in [5, 5.41) is 14.8. The number of sulfonamides is 1. The van der Waals surface area contributed by atoms with Crippen molar-refractivity contribution in [3.05, 3.63) is 51.4 Å². The number of hydrogen-bond acceptors (Lipinski definition) is 6. The molecule has 10 heteroatoms. The molecule has 1 fully saturated rings. The van der Waals surface area contributed by atoms with E-state index >= 15 is 0 Å². The van der Waals surface area contributed by atoms with Gasteiger partial charge in [0.2, 0.25) is 10.0 Å². The Kier molecular flexibility index (Phi) is 4.76. The van der Waals surface area contributed by atoms with Crippen LogP contribution in [-0.2, 0) is 10.0 Å². The Balaban J connectivity index is 1.76. The summed E-state index contributed by atoms with van der Waals surface area (Å²) in [5.41, 5.74) is 0.410. The van der Waals surface area contributed by atoms with Gasteiger partial charge in [0, 0.05) is 26.2 Å². The minimum Gasteiger partial charge on any atom is -0.366 e. The highest BCUT2D eigenvalue weighted by molar-refractivity contribution is 7.89. The van der Waals surface area contributed by atoms with Crippen molar-refractivity contribution < 1.29 is 8.42 Å². The molecule has 1 aliphatic heterocycles. The SMILES string of the molecule is N#Cc1ccc(S(=O)(=O)N2CCN(c3cn[nH]c(=O)c3Cl)CC2)cc1. The molecule has 0 bridgehead atoms. The Hall–Kier alpha value is -2.41. The molecule has 0 aliphatic carbocycles. The fourth-order valence-corrected chi connectivity index (χ4v) is 4.25. The van der Waals surface area contributed by atoms with Crippen LogP contribution in [0.1, 0.15) is 5.56 Å². The largest absolute Gasteiger partial charge is 0.366 e. The molecule has 0 atom stereocenters. The van der Waals surface area contributed by atoms with Crippen molar-refractivity contribution in [2.24, 2.45) is 0 Å². The number of nitrogens with one attached hydrogen (secondary N) is 1. The average Bonchev–Trinajstić information content (AvgIpc) is 2.64. The quantitative estimate of drug-likeness (QED) is 0.844. The number of rotatable bonds is 3. The molecule has 0 amide bonds. The molecule has 3 rings (SSSR count). The van der Waals surface area contributed by atoms with Gasteiger partial charge in [0.05, 0.1) is 28.4 Å². The highest BCUT2D eigenvalue weighted by atomic mass is 35.5. The lowest BCUT2D eigenvalue weighted by Crippen LogP contribution is -2.49. The highest BCUT2D eigenvalue weighted by Crippen LogP contribution is 2.24. The lowest BCUT2D eigenvalue weighted by Gasteiger charge is -2.35. The summed E-state index contributed by atoms with van der Waals surface area (Å²) < 4.78 is 26.7. The third-order valence-electron chi connectivity index (χ3n) is 3.98. The van der Waals surface area contributed by atoms with E-state index in [4.69, 9.17) is 16.9 Å². The Morgan fingerprint density at radius 3 is 2.40 bits per heavy atom. The van der Waals surface area contributed by atoms with Gasteiger partial charge in [0.25, 0.3) is 5.56 Å². The van der Waals surface area contributed by atoms with Crippen molar-refractivity contribution in [2.75, 3.05) is 31.1 Å². The molecule has 1 aromatic carbocycles. The molecule has 0 saturated carbocycles. The molecule has 1 aromatic heterocycles. The van der Waals surface area contributed by atoms with Gasteiger partial charge in [0.1, 0.15) is 5.02 Å². The van der Waals surface area contributed by atoms with Crippen molar-refractivity contribution in [1.29, 1.82) is 5.26 Å². The smallest absolute Gasteiger partial charge is 0.285 e. The molecule has 0 unspecified atom stereocenters. The minimum atomic E-state index is -3.63. The number of nitriles is 1. The van der Waals surface area contributed by atoms with E-state index in [-0.39, 0.29) is 23.0 Å². The summed E-state index contributed by atoms with van der Waals surface area (Å²) in [6.45, 7) is 1.29. The van der Waals surface area contributed by atoms with E-state index in [0.29, 0.717) is 24.3 Å². The van der Waals surface area contributed by atoms with E-state index in [1.54, 1.807) is 0 Å². The molecule has 1 N–H and O–H groups in total. The van der Waals surface area contributed by atoms with Crippen LogP contribution in [-0.4, -0.2) is 49.1 Å². The number of aromatic amines is 1. The van der Waals surface area contributed by atoms with Gasteiger partial charge in [-0.2, -0.15) is 14.7 Å². The first-order chi connectivity index (χ1) is 11.9. The summed E-state index contributed by atoms with van der Waals surface area (Å²) in [5.74, 6) is 0. The van der Waals surface area contributed by atoms with E-state index in [9.17, 15) is 13.2 Å². The van der Waals surface area contributed by atoms with Gasteiger partial charge < -0.3 is 4.90 Å². The lowest BCUT2D eigenvalue weighted by molar-refractivity contribution is 0.384. The molecule has 1 saturated heterocycles. The fraction of sp³-hybridized carbons (Fsp3) is 0.267. The van der Waals surface area contributed by atoms with Crippen LogP contribution in [0.4, 0.5) is 5.69 Å². The summed E-state index contributed by atoms with van der Waals surface area (Å²) in [7, 11) is -3.63. The number of benzene rings is 1. The van der Waals surface area contributed by atoms with E-state index in [1.165, 1.54) is 34.8 Å². The predicted octanol–water partition coefficient (Wildman–Crippen LogP) is 0.806. The number of anilines is 1. The van der Waals surface area contributed by atoms with Gasteiger partial charge in [-0.25, -0.2) is 13.5 Å². The third-order valence-corrected chi connectivity index (χ3v) is 6.26. The molecule has 0 spiro atoms. The number of piperazine rings is 1. The molecule has 8 nitrogen and oxygen atoms in total. The lowest BCUT2D eigenvalue weighted by atomic mass is 10.2. The third kappa shape index (κ3) is 3.37. The Morgan fingerprint density at radius 2 is 1.80 bits per heavy atom. The first-order valence-electron chi connectivity index (χ1n) is 7.42. The van der Waals surface area contributed by atoms with Crippen LogP contribution in [0, 0.1) is 11.3 Å². The number of H-pyrrole nitrogens is 1. The summed E-state index contributed by atoms with van der Waals surface area (Å²) >= 11 is 5.99. The molecule has 0 radical (unpaired) electrons. The minimum absolute atomic E-state index is 0.0402. The van der Waals surface area contributed by atoms with Crippen molar-refractivity contribution >= 4 is 27.3 Å². The molecule has 1 aliphatic rings.